The third-order valence-electron chi connectivity index (χ3n) is 4.75. The first-order valence-corrected chi connectivity index (χ1v) is 8.38. The Kier molecular flexibility index (Phi) is 4.16. The predicted octanol–water partition coefficient (Wildman–Crippen LogP) is 4.32. The van der Waals surface area contributed by atoms with Crippen LogP contribution in [0.3, 0.4) is 0 Å². The summed E-state index contributed by atoms with van der Waals surface area (Å²) in [6.45, 7) is 5.51. The van der Waals surface area contributed by atoms with Gasteiger partial charge in [-0.25, -0.2) is 0 Å². The molecule has 2 atom stereocenters. The van der Waals surface area contributed by atoms with Crippen LogP contribution in [0.2, 0.25) is 0 Å². The molecule has 1 aromatic carbocycles. The third-order valence-corrected chi connectivity index (χ3v) is 5.68. The average Bonchev–Trinajstić information content (AvgIpc) is 2.96. The van der Waals surface area contributed by atoms with E-state index in [-0.39, 0.29) is 5.41 Å². The molecule has 0 bridgehead atoms. The first-order valence-electron chi connectivity index (χ1n) is 7.50. The maximum absolute atomic E-state index is 5.51. The number of hydrogen-bond acceptors (Lipinski definition) is 3. The van der Waals surface area contributed by atoms with Crippen LogP contribution in [0.15, 0.2) is 41.8 Å². The van der Waals surface area contributed by atoms with Gasteiger partial charge in [-0.05, 0) is 29.0 Å². The highest BCUT2D eigenvalue weighted by Crippen LogP contribution is 2.42. The minimum atomic E-state index is 0.230. The summed E-state index contributed by atoms with van der Waals surface area (Å²) in [7, 11) is 1.81. The second-order valence-corrected chi connectivity index (χ2v) is 7.38. The van der Waals surface area contributed by atoms with Crippen LogP contribution in [-0.2, 0) is 11.3 Å². The van der Waals surface area contributed by atoms with E-state index in [0.717, 1.165) is 13.0 Å². The molecule has 0 radical (unpaired) electrons. The summed E-state index contributed by atoms with van der Waals surface area (Å²) in [5.74, 6) is 0. The molecule has 1 aromatic heterocycles. The first kappa shape index (κ1) is 14.8. The van der Waals surface area contributed by atoms with Gasteiger partial charge in [-0.15, -0.1) is 11.3 Å². The zero-order valence-electron chi connectivity index (χ0n) is 12.9. The van der Waals surface area contributed by atoms with Crippen molar-refractivity contribution < 1.29 is 4.74 Å². The van der Waals surface area contributed by atoms with Crippen molar-refractivity contribution in [2.75, 3.05) is 7.11 Å². The maximum Gasteiger partial charge on any atom is 0.0652 e. The van der Waals surface area contributed by atoms with Crippen LogP contribution in [0.4, 0.5) is 0 Å². The second kappa shape index (κ2) is 5.91. The standard InChI is InChI=1S/C18H23NOS/c1-18(2)16(10-17(18)20-3)19-11-15-9-14(12-21-15)13-7-5-4-6-8-13/h4-9,12,16-17,19H,10-11H2,1-3H3. The summed E-state index contributed by atoms with van der Waals surface area (Å²) >= 11 is 1.83. The Morgan fingerprint density at radius 3 is 2.67 bits per heavy atom. The van der Waals surface area contributed by atoms with Gasteiger partial charge in [-0.1, -0.05) is 44.2 Å². The number of benzene rings is 1. The quantitative estimate of drug-likeness (QED) is 0.888. The van der Waals surface area contributed by atoms with Crippen LogP contribution in [0, 0.1) is 5.41 Å². The van der Waals surface area contributed by atoms with Gasteiger partial charge in [0, 0.05) is 30.0 Å². The second-order valence-electron chi connectivity index (χ2n) is 6.38. The minimum absolute atomic E-state index is 0.230. The Bertz CT molecular complexity index is 590. The van der Waals surface area contributed by atoms with E-state index < -0.39 is 0 Å². The van der Waals surface area contributed by atoms with Gasteiger partial charge in [-0.3, -0.25) is 0 Å². The molecule has 1 N–H and O–H groups in total. The molecular formula is C18H23NOS. The summed E-state index contributed by atoms with van der Waals surface area (Å²) in [6.07, 6.45) is 1.50. The Morgan fingerprint density at radius 2 is 2.00 bits per heavy atom. The lowest BCUT2D eigenvalue weighted by atomic mass is 9.64. The highest BCUT2D eigenvalue weighted by molar-refractivity contribution is 7.10. The van der Waals surface area contributed by atoms with Gasteiger partial charge in [0.05, 0.1) is 6.10 Å². The maximum atomic E-state index is 5.51. The van der Waals surface area contributed by atoms with Crippen LogP contribution in [0.25, 0.3) is 11.1 Å². The number of thiophene rings is 1. The third kappa shape index (κ3) is 2.91. The Hall–Kier alpha value is -1.16. The van der Waals surface area contributed by atoms with Crippen LogP contribution in [0.1, 0.15) is 25.1 Å². The largest absolute Gasteiger partial charge is 0.381 e. The molecule has 1 fully saturated rings. The molecule has 0 saturated heterocycles. The highest BCUT2D eigenvalue weighted by Gasteiger charge is 2.48. The topological polar surface area (TPSA) is 21.3 Å². The minimum Gasteiger partial charge on any atom is -0.381 e. The van der Waals surface area contributed by atoms with Crippen LogP contribution in [0.5, 0.6) is 0 Å². The SMILES string of the molecule is COC1CC(NCc2cc(-c3ccccc3)cs2)C1(C)C. The van der Waals surface area contributed by atoms with Crippen molar-refractivity contribution in [1.29, 1.82) is 0 Å². The van der Waals surface area contributed by atoms with Gasteiger partial charge < -0.3 is 10.1 Å². The fourth-order valence-electron chi connectivity index (χ4n) is 3.11. The summed E-state index contributed by atoms with van der Waals surface area (Å²) < 4.78 is 5.51. The van der Waals surface area contributed by atoms with E-state index in [2.05, 4.69) is 60.9 Å². The number of ether oxygens (including phenoxy) is 1. The van der Waals surface area contributed by atoms with Crippen LogP contribution >= 0.6 is 11.3 Å². The van der Waals surface area contributed by atoms with Gasteiger partial charge in [0.15, 0.2) is 0 Å². The lowest BCUT2D eigenvalue weighted by Crippen LogP contribution is -2.60. The fourth-order valence-corrected chi connectivity index (χ4v) is 3.96. The zero-order chi connectivity index (χ0) is 14.9. The molecule has 1 aliphatic rings. The molecular weight excluding hydrogens is 278 g/mol. The van der Waals surface area contributed by atoms with Crippen molar-refractivity contribution in [1.82, 2.24) is 5.32 Å². The molecule has 1 heterocycles. The van der Waals surface area contributed by atoms with E-state index in [9.17, 15) is 0 Å². The van der Waals surface area contributed by atoms with E-state index in [4.69, 9.17) is 4.74 Å². The summed E-state index contributed by atoms with van der Waals surface area (Å²) in [6, 6.07) is 13.4. The van der Waals surface area contributed by atoms with Gasteiger partial charge in [0.25, 0.3) is 0 Å². The van der Waals surface area contributed by atoms with Crippen molar-refractivity contribution >= 4 is 11.3 Å². The molecule has 21 heavy (non-hydrogen) atoms. The lowest BCUT2D eigenvalue weighted by molar-refractivity contribution is -0.0978. The van der Waals surface area contributed by atoms with Crippen molar-refractivity contribution in [3.05, 3.63) is 46.7 Å². The summed E-state index contributed by atoms with van der Waals surface area (Å²) in [5.41, 5.74) is 2.84. The molecule has 0 aliphatic heterocycles. The number of rotatable bonds is 5. The van der Waals surface area contributed by atoms with Gasteiger partial charge in [0.2, 0.25) is 0 Å². The van der Waals surface area contributed by atoms with E-state index in [1.807, 2.05) is 18.4 Å². The zero-order valence-corrected chi connectivity index (χ0v) is 13.7. The molecule has 2 nitrogen and oxygen atoms in total. The van der Waals surface area contributed by atoms with E-state index in [1.165, 1.54) is 16.0 Å². The van der Waals surface area contributed by atoms with Crippen molar-refractivity contribution in [2.45, 2.75) is 39.0 Å². The van der Waals surface area contributed by atoms with E-state index >= 15 is 0 Å². The van der Waals surface area contributed by atoms with Gasteiger partial charge in [0.1, 0.15) is 0 Å². The molecule has 1 saturated carbocycles. The Balaban J connectivity index is 1.59. The number of hydrogen-bond donors (Lipinski definition) is 1. The predicted molar refractivity (Wildman–Crippen MR) is 89.6 cm³/mol. The molecule has 0 spiro atoms. The Labute approximate surface area is 131 Å². The molecule has 3 heteroatoms. The molecule has 2 aromatic rings. The van der Waals surface area contributed by atoms with Crippen LogP contribution < -0.4 is 5.32 Å². The number of methoxy groups -OCH3 is 1. The molecule has 1 aliphatic carbocycles. The lowest BCUT2D eigenvalue weighted by Gasteiger charge is -2.51. The van der Waals surface area contributed by atoms with Crippen molar-refractivity contribution in [2.24, 2.45) is 5.41 Å². The highest BCUT2D eigenvalue weighted by atomic mass is 32.1. The normalized spacial score (nSPS) is 23.8. The smallest absolute Gasteiger partial charge is 0.0652 e. The van der Waals surface area contributed by atoms with E-state index in [1.54, 1.807) is 0 Å². The summed E-state index contributed by atoms with van der Waals surface area (Å²) in [5, 5.41) is 5.93. The average molecular weight is 301 g/mol. The first-order chi connectivity index (χ1) is 10.1. The van der Waals surface area contributed by atoms with Crippen LogP contribution in [-0.4, -0.2) is 19.3 Å². The Morgan fingerprint density at radius 1 is 1.24 bits per heavy atom. The van der Waals surface area contributed by atoms with Crippen molar-refractivity contribution in [3.8, 4) is 11.1 Å². The fraction of sp³-hybridized carbons (Fsp3) is 0.444. The summed E-state index contributed by atoms with van der Waals surface area (Å²) in [4.78, 5) is 1.39. The van der Waals surface area contributed by atoms with Crippen molar-refractivity contribution in [3.63, 3.8) is 0 Å². The molecule has 2 unspecified atom stereocenters. The number of nitrogens with one attached hydrogen (secondary N) is 1. The molecule has 3 rings (SSSR count). The molecule has 112 valence electrons. The monoisotopic (exact) mass is 301 g/mol. The van der Waals surface area contributed by atoms with Gasteiger partial charge >= 0.3 is 0 Å². The molecule has 0 amide bonds. The van der Waals surface area contributed by atoms with E-state index in [0.29, 0.717) is 12.1 Å². The van der Waals surface area contributed by atoms with Gasteiger partial charge in [-0.2, -0.15) is 0 Å².